The van der Waals surface area contributed by atoms with Crippen molar-refractivity contribution < 1.29 is 14.3 Å². The van der Waals surface area contributed by atoms with Gasteiger partial charge in [-0.3, -0.25) is 9.59 Å². The van der Waals surface area contributed by atoms with E-state index in [9.17, 15) is 9.59 Å². The summed E-state index contributed by atoms with van der Waals surface area (Å²) < 4.78 is 5.38. The standard InChI is InChI=1S/C20H25N3O3/c1-16(24)23-18-7-5-6-17(14-18)10-11-21-12-13-22-20(25)15-26-19-8-3-2-4-9-19/h2-9,14,21H,10-13,15H2,1H3,(H,22,25)(H,23,24). The molecule has 0 aromatic heterocycles. The van der Waals surface area contributed by atoms with E-state index in [0.717, 1.165) is 24.2 Å². The number of carbonyl (C=O) groups is 2. The first kappa shape index (κ1) is 19.5. The molecule has 0 fully saturated rings. The molecule has 0 heterocycles. The Labute approximate surface area is 153 Å². The minimum absolute atomic E-state index is 0.0138. The Morgan fingerprint density at radius 1 is 0.962 bits per heavy atom. The van der Waals surface area contributed by atoms with Crippen molar-refractivity contribution in [3.05, 3.63) is 60.2 Å². The topological polar surface area (TPSA) is 79.5 Å². The Morgan fingerprint density at radius 2 is 1.77 bits per heavy atom. The number of anilines is 1. The molecule has 0 aliphatic rings. The summed E-state index contributed by atoms with van der Waals surface area (Å²) in [5, 5.41) is 8.86. The molecule has 6 heteroatoms. The molecule has 0 bridgehead atoms. The molecule has 2 amide bonds. The third-order valence-corrected chi connectivity index (χ3v) is 3.57. The van der Waals surface area contributed by atoms with Crippen LogP contribution in [0.25, 0.3) is 0 Å². The highest BCUT2D eigenvalue weighted by atomic mass is 16.5. The molecule has 2 aromatic rings. The van der Waals surface area contributed by atoms with Gasteiger partial charge in [-0.05, 0) is 42.8 Å². The van der Waals surface area contributed by atoms with Crippen molar-refractivity contribution in [2.24, 2.45) is 0 Å². The van der Waals surface area contributed by atoms with Gasteiger partial charge < -0.3 is 20.7 Å². The van der Waals surface area contributed by atoms with Gasteiger partial charge in [-0.2, -0.15) is 0 Å². The second-order valence-electron chi connectivity index (χ2n) is 5.83. The molecule has 0 saturated heterocycles. The Balaban J connectivity index is 1.55. The van der Waals surface area contributed by atoms with Crippen molar-refractivity contribution in [1.82, 2.24) is 10.6 Å². The fourth-order valence-electron chi connectivity index (χ4n) is 2.37. The van der Waals surface area contributed by atoms with E-state index < -0.39 is 0 Å². The molecule has 0 spiro atoms. The quantitative estimate of drug-likeness (QED) is 0.570. The van der Waals surface area contributed by atoms with Crippen LogP contribution >= 0.6 is 0 Å². The fraction of sp³-hybridized carbons (Fsp3) is 0.300. The third-order valence-electron chi connectivity index (χ3n) is 3.57. The zero-order valence-electron chi connectivity index (χ0n) is 15.0. The Hall–Kier alpha value is -2.86. The predicted molar refractivity (Wildman–Crippen MR) is 102 cm³/mol. The van der Waals surface area contributed by atoms with Crippen LogP contribution in [0.3, 0.4) is 0 Å². The number of rotatable bonds is 10. The number of hydrogen-bond donors (Lipinski definition) is 3. The first-order valence-corrected chi connectivity index (χ1v) is 8.65. The minimum Gasteiger partial charge on any atom is -0.484 e. The average molecular weight is 355 g/mol. The molecule has 0 atom stereocenters. The van der Waals surface area contributed by atoms with Gasteiger partial charge in [0, 0.05) is 25.7 Å². The van der Waals surface area contributed by atoms with E-state index in [1.165, 1.54) is 6.92 Å². The molecule has 0 unspecified atom stereocenters. The van der Waals surface area contributed by atoms with Crippen molar-refractivity contribution >= 4 is 17.5 Å². The maximum atomic E-state index is 11.7. The number of benzene rings is 2. The SMILES string of the molecule is CC(=O)Nc1cccc(CCNCCNC(=O)COc2ccccc2)c1. The third kappa shape index (κ3) is 7.81. The van der Waals surface area contributed by atoms with E-state index in [1.807, 2.05) is 54.6 Å². The summed E-state index contributed by atoms with van der Waals surface area (Å²) in [4.78, 5) is 22.8. The van der Waals surface area contributed by atoms with Gasteiger partial charge in [-0.15, -0.1) is 0 Å². The van der Waals surface area contributed by atoms with Crippen LogP contribution in [0.5, 0.6) is 5.75 Å². The molecule has 0 aliphatic heterocycles. The second-order valence-corrected chi connectivity index (χ2v) is 5.83. The van der Waals surface area contributed by atoms with Crippen molar-refractivity contribution in [2.45, 2.75) is 13.3 Å². The predicted octanol–water partition coefficient (Wildman–Crippen LogP) is 1.97. The van der Waals surface area contributed by atoms with Crippen LogP contribution in [0, 0.1) is 0 Å². The van der Waals surface area contributed by atoms with Gasteiger partial charge in [0.25, 0.3) is 5.91 Å². The fourth-order valence-corrected chi connectivity index (χ4v) is 2.37. The molecule has 0 aliphatic carbocycles. The summed E-state index contributed by atoms with van der Waals surface area (Å²) in [6.07, 6.45) is 0.846. The number of carbonyl (C=O) groups excluding carboxylic acids is 2. The lowest BCUT2D eigenvalue weighted by atomic mass is 10.1. The van der Waals surface area contributed by atoms with Gasteiger partial charge in [0.15, 0.2) is 6.61 Å². The van der Waals surface area contributed by atoms with Gasteiger partial charge in [0.05, 0.1) is 0 Å². The van der Waals surface area contributed by atoms with Crippen molar-refractivity contribution in [3.8, 4) is 5.75 Å². The first-order valence-electron chi connectivity index (χ1n) is 8.65. The summed E-state index contributed by atoms with van der Waals surface area (Å²) in [5.74, 6) is 0.466. The van der Waals surface area contributed by atoms with Crippen molar-refractivity contribution in [3.63, 3.8) is 0 Å². The second kappa shape index (κ2) is 10.9. The Bertz CT molecular complexity index is 704. The highest BCUT2D eigenvalue weighted by Gasteiger charge is 2.02. The molecule has 0 saturated carbocycles. The van der Waals surface area contributed by atoms with Gasteiger partial charge in [-0.25, -0.2) is 0 Å². The molecule has 2 rings (SSSR count). The lowest BCUT2D eigenvalue weighted by Gasteiger charge is -2.09. The number of ether oxygens (including phenoxy) is 1. The number of para-hydroxylation sites is 1. The van der Waals surface area contributed by atoms with Gasteiger partial charge in [0.2, 0.25) is 5.91 Å². The molecule has 0 radical (unpaired) electrons. The first-order chi connectivity index (χ1) is 12.6. The van der Waals surface area contributed by atoms with Crippen LogP contribution in [0.4, 0.5) is 5.69 Å². The number of nitrogens with one attached hydrogen (secondary N) is 3. The van der Waals surface area contributed by atoms with Gasteiger partial charge in [-0.1, -0.05) is 30.3 Å². The summed E-state index contributed by atoms with van der Waals surface area (Å²) in [6.45, 7) is 3.53. The highest BCUT2D eigenvalue weighted by Crippen LogP contribution is 2.10. The largest absolute Gasteiger partial charge is 0.484 e. The normalized spacial score (nSPS) is 10.2. The zero-order valence-corrected chi connectivity index (χ0v) is 15.0. The van der Waals surface area contributed by atoms with Gasteiger partial charge >= 0.3 is 0 Å². The molecular formula is C20H25N3O3. The molecular weight excluding hydrogens is 330 g/mol. The summed E-state index contributed by atoms with van der Waals surface area (Å²) in [6, 6.07) is 17.0. The van der Waals surface area contributed by atoms with E-state index in [1.54, 1.807) is 0 Å². The zero-order chi connectivity index (χ0) is 18.6. The maximum Gasteiger partial charge on any atom is 0.257 e. The number of amides is 2. The molecule has 138 valence electrons. The minimum atomic E-state index is -0.140. The smallest absolute Gasteiger partial charge is 0.257 e. The summed E-state index contributed by atoms with van der Waals surface area (Å²) >= 11 is 0. The van der Waals surface area contributed by atoms with Crippen LogP contribution in [-0.4, -0.2) is 38.1 Å². The van der Waals surface area contributed by atoms with E-state index in [2.05, 4.69) is 16.0 Å². The van der Waals surface area contributed by atoms with Crippen LogP contribution in [-0.2, 0) is 16.0 Å². The van der Waals surface area contributed by atoms with E-state index in [-0.39, 0.29) is 18.4 Å². The van der Waals surface area contributed by atoms with Crippen molar-refractivity contribution in [1.29, 1.82) is 0 Å². The lowest BCUT2D eigenvalue weighted by molar-refractivity contribution is -0.123. The van der Waals surface area contributed by atoms with E-state index >= 15 is 0 Å². The molecule has 6 nitrogen and oxygen atoms in total. The molecule has 3 N–H and O–H groups in total. The van der Waals surface area contributed by atoms with E-state index in [4.69, 9.17) is 4.74 Å². The van der Waals surface area contributed by atoms with Crippen LogP contribution < -0.4 is 20.7 Å². The summed E-state index contributed by atoms with van der Waals surface area (Å²) in [7, 11) is 0. The van der Waals surface area contributed by atoms with E-state index in [0.29, 0.717) is 18.8 Å². The Kier molecular flexibility index (Phi) is 8.15. The van der Waals surface area contributed by atoms with Crippen molar-refractivity contribution in [2.75, 3.05) is 31.6 Å². The lowest BCUT2D eigenvalue weighted by Crippen LogP contribution is -2.35. The van der Waals surface area contributed by atoms with Crippen LogP contribution in [0.2, 0.25) is 0 Å². The maximum absolute atomic E-state index is 11.7. The van der Waals surface area contributed by atoms with Gasteiger partial charge in [0.1, 0.15) is 5.75 Å². The monoisotopic (exact) mass is 355 g/mol. The van der Waals surface area contributed by atoms with Crippen LogP contribution in [0.15, 0.2) is 54.6 Å². The van der Waals surface area contributed by atoms with Crippen LogP contribution in [0.1, 0.15) is 12.5 Å². The average Bonchev–Trinajstić information content (AvgIpc) is 2.63. The number of hydrogen-bond acceptors (Lipinski definition) is 4. The molecule has 2 aromatic carbocycles. The Morgan fingerprint density at radius 3 is 2.54 bits per heavy atom. The molecule has 26 heavy (non-hydrogen) atoms. The summed E-state index contributed by atoms with van der Waals surface area (Å²) in [5.41, 5.74) is 1.95. The highest BCUT2D eigenvalue weighted by molar-refractivity contribution is 5.88.